The van der Waals surface area contributed by atoms with Crippen LogP contribution in [0.5, 0.6) is 5.75 Å². The molecule has 0 aliphatic rings. The first-order chi connectivity index (χ1) is 12.5. The van der Waals surface area contributed by atoms with Crippen molar-refractivity contribution in [2.24, 2.45) is 0 Å². The third-order valence-corrected chi connectivity index (χ3v) is 3.98. The highest BCUT2D eigenvalue weighted by atomic mass is 16.5. The number of rotatable bonds is 4. The highest BCUT2D eigenvalue weighted by molar-refractivity contribution is 6.10. The number of methoxy groups -OCH3 is 1. The van der Waals surface area contributed by atoms with Crippen molar-refractivity contribution in [1.29, 1.82) is 0 Å². The van der Waals surface area contributed by atoms with E-state index in [0.29, 0.717) is 16.9 Å². The van der Waals surface area contributed by atoms with E-state index in [1.807, 2.05) is 53.7 Å². The van der Waals surface area contributed by atoms with Crippen molar-refractivity contribution in [3.63, 3.8) is 0 Å². The molecule has 0 aromatic heterocycles. The van der Waals surface area contributed by atoms with Crippen LogP contribution in [0.2, 0.25) is 0 Å². The third-order valence-electron chi connectivity index (χ3n) is 3.98. The highest BCUT2D eigenvalue weighted by Gasteiger charge is 2.28. The molecular formula is C22H28N2O3. The van der Waals surface area contributed by atoms with Crippen LogP contribution in [0.15, 0.2) is 36.4 Å². The van der Waals surface area contributed by atoms with Gasteiger partial charge in [0.2, 0.25) is 0 Å². The van der Waals surface area contributed by atoms with Crippen LogP contribution in [0.25, 0.3) is 0 Å². The van der Waals surface area contributed by atoms with Gasteiger partial charge in [0.05, 0.1) is 7.11 Å². The molecular weight excluding hydrogens is 340 g/mol. The van der Waals surface area contributed by atoms with Crippen molar-refractivity contribution in [3.05, 3.63) is 64.2 Å². The van der Waals surface area contributed by atoms with Gasteiger partial charge in [-0.3, -0.25) is 9.59 Å². The Balaban J connectivity index is 2.47. The summed E-state index contributed by atoms with van der Waals surface area (Å²) >= 11 is 0. The van der Waals surface area contributed by atoms with Gasteiger partial charge in [-0.1, -0.05) is 23.3 Å². The zero-order valence-electron chi connectivity index (χ0n) is 17.1. The van der Waals surface area contributed by atoms with Crippen LogP contribution in [-0.4, -0.2) is 29.5 Å². The summed E-state index contributed by atoms with van der Waals surface area (Å²) < 4.78 is 5.32. The Morgan fingerprint density at radius 2 is 1.44 bits per heavy atom. The lowest BCUT2D eigenvalue weighted by atomic mass is 10.1. The van der Waals surface area contributed by atoms with Gasteiger partial charge in [0.15, 0.2) is 0 Å². The van der Waals surface area contributed by atoms with Gasteiger partial charge in [0, 0.05) is 16.7 Å². The Morgan fingerprint density at radius 3 is 1.96 bits per heavy atom. The van der Waals surface area contributed by atoms with E-state index in [4.69, 9.17) is 4.74 Å². The predicted octanol–water partition coefficient (Wildman–Crippen LogP) is 4.21. The minimum atomic E-state index is -0.473. The second-order valence-electron chi connectivity index (χ2n) is 7.87. The number of carbonyl (C=O) groups is 2. The van der Waals surface area contributed by atoms with E-state index in [2.05, 4.69) is 5.43 Å². The second kappa shape index (κ2) is 7.92. The number of amides is 2. The Morgan fingerprint density at radius 1 is 0.889 bits per heavy atom. The number of benzene rings is 2. The number of aryl methyl sites for hydroxylation is 3. The quantitative estimate of drug-likeness (QED) is 0.649. The van der Waals surface area contributed by atoms with Gasteiger partial charge in [-0.2, -0.15) is 0 Å². The number of hydrogen-bond donors (Lipinski definition) is 1. The van der Waals surface area contributed by atoms with E-state index in [1.54, 1.807) is 31.4 Å². The molecule has 0 atom stereocenters. The molecule has 0 bridgehead atoms. The fourth-order valence-electron chi connectivity index (χ4n) is 2.84. The second-order valence-corrected chi connectivity index (χ2v) is 7.87. The van der Waals surface area contributed by atoms with Gasteiger partial charge in [0.1, 0.15) is 5.75 Å². The molecule has 0 fully saturated rings. The summed E-state index contributed by atoms with van der Waals surface area (Å²) in [5.74, 6) is -0.205. The molecule has 0 spiro atoms. The van der Waals surface area contributed by atoms with Gasteiger partial charge in [0.25, 0.3) is 11.8 Å². The van der Waals surface area contributed by atoms with Crippen LogP contribution in [0.4, 0.5) is 0 Å². The van der Waals surface area contributed by atoms with Gasteiger partial charge in [-0.05, 0) is 71.4 Å². The first kappa shape index (κ1) is 20.6. The molecule has 2 aromatic rings. The monoisotopic (exact) mass is 368 g/mol. The maximum atomic E-state index is 13.2. The van der Waals surface area contributed by atoms with Gasteiger partial charge < -0.3 is 4.74 Å². The molecule has 27 heavy (non-hydrogen) atoms. The van der Waals surface area contributed by atoms with E-state index in [9.17, 15) is 9.59 Å². The Kier molecular flexibility index (Phi) is 6.06. The maximum Gasteiger partial charge on any atom is 0.275 e. The first-order valence-electron chi connectivity index (χ1n) is 8.91. The summed E-state index contributed by atoms with van der Waals surface area (Å²) in [6.45, 7) is 11.5. The molecule has 5 nitrogen and oxygen atoms in total. The smallest absolute Gasteiger partial charge is 0.275 e. The lowest BCUT2D eigenvalue weighted by Crippen LogP contribution is -2.54. The van der Waals surface area contributed by atoms with Crippen LogP contribution < -0.4 is 10.2 Å². The summed E-state index contributed by atoms with van der Waals surface area (Å²) in [5.41, 5.74) is 6.28. The normalized spacial score (nSPS) is 11.2. The molecule has 0 saturated carbocycles. The van der Waals surface area contributed by atoms with Crippen LogP contribution in [0.1, 0.15) is 58.2 Å². The zero-order chi connectivity index (χ0) is 20.4. The number of carbonyl (C=O) groups excluding carboxylic acids is 2. The number of ether oxygens (including phenoxy) is 1. The van der Waals surface area contributed by atoms with E-state index < -0.39 is 11.4 Å². The molecule has 1 N–H and O–H groups in total. The molecule has 2 amide bonds. The summed E-state index contributed by atoms with van der Waals surface area (Å²) in [7, 11) is 1.56. The van der Waals surface area contributed by atoms with Crippen molar-refractivity contribution < 1.29 is 14.3 Å². The van der Waals surface area contributed by atoms with Crippen LogP contribution in [0, 0.1) is 20.8 Å². The molecule has 5 heteroatoms. The molecule has 144 valence electrons. The number of nitrogens with zero attached hydrogens (tertiary/aromatic N) is 1. The van der Waals surface area contributed by atoms with Crippen molar-refractivity contribution in [3.8, 4) is 5.75 Å². The topological polar surface area (TPSA) is 58.6 Å². The molecule has 2 aromatic carbocycles. The van der Waals surface area contributed by atoms with Gasteiger partial charge in [-0.15, -0.1) is 0 Å². The maximum absolute atomic E-state index is 13.2. The largest absolute Gasteiger partial charge is 0.496 e. The summed E-state index contributed by atoms with van der Waals surface area (Å²) in [6.07, 6.45) is 0. The Labute approximate surface area is 161 Å². The fraction of sp³-hybridized carbons (Fsp3) is 0.364. The average Bonchev–Trinajstić information content (AvgIpc) is 2.57. The van der Waals surface area contributed by atoms with E-state index in [1.165, 1.54) is 0 Å². The van der Waals surface area contributed by atoms with Crippen molar-refractivity contribution in [2.45, 2.75) is 47.1 Å². The van der Waals surface area contributed by atoms with Gasteiger partial charge >= 0.3 is 0 Å². The van der Waals surface area contributed by atoms with E-state index >= 15 is 0 Å². The zero-order valence-corrected chi connectivity index (χ0v) is 17.1. The molecule has 0 unspecified atom stereocenters. The Bertz CT molecular complexity index is 846. The number of imide groups is 1. The molecule has 2 rings (SSSR count). The average molecular weight is 368 g/mol. The van der Waals surface area contributed by atoms with E-state index in [-0.39, 0.29) is 5.91 Å². The highest BCUT2D eigenvalue weighted by Crippen LogP contribution is 2.21. The summed E-state index contributed by atoms with van der Waals surface area (Å²) in [4.78, 5) is 26.3. The van der Waals surface area contributed by atoms with Crippen molar-refractivity contribution in [1.82, 2.24) is 10.4 Å². The SMILES string of the molecule is COc1cc(C(=O)N(NC(C)(C)C)C(=O)c2cc(C)cc(C)c2)ccc1C. The third kappa shape index (κ3) is 5.17. The van der Waals surface area contributed by atoms with Crippen LogP contribution in [-0.2, 0) is 0 Å². The van der Waals surface area contributed by atoms with Crippen molar-refractivity contribution in [2.75, 3.05) is 7.11 Å². The molecule has 0 saturated heterocycles. The van der Waals surface area contributed by atoms with E-state index in [0.717, 1.165) is 21.7 Å². The number of hydrogen-bond acceptors (Lipinski definition) is 4. The Hall–Kier alpha value is -2.66. The molecule has 0 heterocycles. The minimum Gasteiger partial charge on any atom is -0.496 e. The first-order valence-corrected chi connectivity index (χ1v) is 8.91. The van der Waals surface area contributed by atoms with Crippen LogP contribution in [0.3, 0.4) is 0 Å². The molecule has 0 aliphatic heterocycles. The predicted molar refractivity (Wildman–Crippen MR) is 107 cm³/mol. The van der Waals surface area contributed by atoms with Crippen molar-refractivity contribution >= 4 is 11.8 Å². The lowest BCUT2D eigenvalue weighted by molar-refractivity contribution is 0.0452. The number of hydrazine groups is 1. The lowest BCUT2D eigenvalue weighted by Gasteiger charge is -2.30. The minimum absolute atomic E-state index is 0.381. The molecule has 0 radical (unpaired) electrons. The fourth-order valence-corrected chi connectivity index (χ4v) is 2.84. The number of nitrogens with one attached hydrogen (secondary N) is 1. The standard InChI is InChI=1S/C22H28N2O3/c1-14-10-15(2)12-18(11-14)21(26)24(23-22(4,5)6)20(25)17-9-8-16(3)19(13-17)27-7/h8-13,23H,1-7H3. The summed E-state index contributed by atoms with van der Waals surface area (Å²) in [6, 6.07) is 10.7. The molecule has 0 aliphatic carbocycles. The summed E-state index contributed by atoms with van der Waals surface area (Å²) in [5, 5.41) is 1.10. The van der Waals surface area contributed by atoms with Crippen LogP contribution >= 0.6 is 0 Å². The van der Waals surface area contributed by atoms with Gasteiger partial charge in [-0.25, -0.2) is 10.4 Å².